The van der Waals surface area contributed by atoms with Gasteiger partial charge >= 0.3 is 5.97 Å². The third-order valence-corrected chi connectivity index (χ3v) is 4.21. The van der Waals surface area contributed by atoms with Crippen LogP contribution in [0.1, 0.15) is 51.9 Å². The van der Waals surface area contributed by atoms with E-state index in [1.165, 1.54) is 44.6 Å². The van der Waals surface area contributed by atoms with Crippen LogP contribution in [0.25, 0.3) is 0 Å². The number of ether oxygens (including phenoxy) is 2. The summed E-state index contributed by atoms with van der Waals surface area (Å²) in [6.07, 6.45) is 12.5. The minimum absolute atomic E-state index is 0.0990. The summed E-state index contributed by atoms with van der Waals surface area (Å²) in [5, 5.41) is 0. The summed E-state index contributed by atoms with van der Waals surface area (Å²) in [5.74, 6) is -0.265. The van der Waals surface area contributed by atoms with Gasteiger partial charge in [0.2, 0.25) is 0 Å². The maximum Gasteiger partial charge on any atom is 0.330 e. The number of esters is 1. The minimum Gasteiger partial charge on any atom is -0.463 e. The van der Waals surface area contributed by atoms with Crippen molar-refractivity contribution in [2.75, 3.05) is 13.2 Å². The quantitative estimate of drug-likeness (QED) is 0.571. The lowest BCUT2D eigenvalue weighted by Gasteiger charge is -2.42. The largest absolute Gasteiger partial charge is 0.463 e. The predicted octanol–water partition coefficient (Wildman–Crippen LogP) is 3.24. The lowest BCUT2D eigenvalue weighted by molar-refractivity contribution is -0.137. The summed E-state index contributed by atoms with van der Waals surface area (Å²) in [6, 6.07) is 0. The predicted molar refractivity (Wildman–Crippen MR) is 70.3 cm³/mol. The lowest BCUT2D eigenvalue weighted by atomic mass is 9.70. The molecular weight excluding hydrogens is 228 g/mol. The van der Waals surface area contributed by atoms with E-state index in [4.69, 9.17) is 9.47 Å². The van der Waals surface area contributed by atoms with Gasteiger partial charge in [-0.25, -0.2) is 4.79 Å². The van der Waals surface area contributed by atoms with Crippen molar-refractivity contribution < 1.29 is 14.3 Å². The molecule has 18 heavy (non-hydrogen) atoms. The molecule has 1 aliphatic carbocycles. The normalized spacial score (nSPS) is 27.5. The van der Waals surface area contributed by atoms with Gasteiger partial charge in [0.1, 0.15) is 0 Å². The molecule has 0 bridgehead atoms. The first-order valence-corrected chi connectivity index (χ1v) is 7.21. The van der Waals surface area contributed by atoms with Crippen molar-refractivity contribution in [1.29, 1.82) is 0 Å². The maximum absolute atomic E-state index is 11.2. The van der Waals surface area contributed by atoms with Gasteiger partial charge in [0.05, 0.1) is 19.3 Å². The van der Waals surface area contributed by atoms with Gasteiger partial charge in [-0.2, -0.15) is 0 Å². The molecule has 0 aromatic carbocycles. The zero-order valence-corrected chi connectivity index (χ0v) is 11.3. The van der Waals surface area contributed by atoms with Gasteiger partial charge < -0.3 is 9.47 Å². The molecule has 2 aliphatic rings. The Morgan fingerprint density at radius 3 is 2.72 bits per heavy atom. The molecule has 1 saturated carbocycles. The molecule has 102 valence electrons. The van der Waals surface area contributed by atoms with Crippen LogP contribution >= 0.6 is 0 Å². The van der Waals surface area contributed by atoms with Crippen LogP contribution in [0.4, 0.5) is 0 Å². The molecule has 2 fully saturated rings. The molecule has 1 heterocycles. The van der Waals surface area contributed by atoms with E-state index < -0.39 is 0 Å². The standard InChI is InChI=1S/C15H24O3/c1-2-17-14(16)7-6-13-8-11-15(12-18-13)9-4-3-5-10-15/h6-7,13H,2-5,8-12H2,1H3/b7-6+. The Labute approximate surface area is 110 Å². The van der Waals surface area contributed by atoms with Crippen LogP contribution in [0.3, 0.4) is 0 Å². The maximum atomic E-state index is 11.2. The van der Waals surface area contributed by atoms with Gasteiger partial charge in [-0.05, 0) is 44.1 Å². The molecule has 2 rings (SSSR count). The number of carbonyl (C=O) groups excluding carboxylic acids is 1. The zero-order valence-electron chi connectivity index (χ0n) is 11.3. The second kappa shape index (κ2) is 6.37. The van der Waals surface area contributed by atoms with Crippen LogP contribution in [0.5, 0.6) is 0 Å². The molecule has 3 nitrogen and oxygen atoms in total. The summed E-state index contributed by atoms with van der Waals surface area (Å²) in [5.41, 5.74) is 0.451. The van der Waals surface area contributed by atoms with Crippen molar-refractivity contribution in [3.63, 3.8) is 0 Å². The highest BCUT2D eigenvalue weighted by molar-refractivity contribution is 5.81. The number of hydrogen-bond donors (Lipinski definition) is 0. The van der Waals surface area contributed by atoms with E-state index in [9.17, 15) is 4.79 Å². The fraction of sp³-hybridized carbons (Fsp3) is 0.800. The summed E-state index contributed by atoms with van der Waals surface area (Å²) >= 11 is 0. The molecule has 0 radical (unpaired) electrons. The van der Waals surface area contributed by atoms with Gasteiger partial charge in [0.15, 0.2) is 0 Å². The van der Waals surface area contributed by atoms with Crippen LogP contribution in [-0.4, -0.2) is 25.3 Å². The van der Waals surface area contributed by atoms with Crippen LogP contribution in [-0.2, 0) is 14.3 Å². The van der Waals surface area contributed by atoms with Crippen LogP contribution in [0, 0.1) is 5.41 Å². The Hall–Kier alpha value is -0.830. The van der Waals surface area contributed by atoms with E-state index in [1.54, 1.807) is 0 Å². The molecule has 1 unspecified atom stereocenters. The van der Waals surface area contributed by atoms with Crippen LogP contribution in [0.15, 0.2) is 12.2 Å². The van der Waals surface area contributed by atoms with Crippen molar-refractivity contribution in [2.24, 2.45) is 5.41 Å². The average molecular weight is 252 g/mol. The molecule has 0 aromatic heterocycles. The second-order valence-corrected chi connectivity index (χ2v) is 5.56. The van der Waals surface area contributed by atoms with E-state index >= 15 is 0 Å². The van der Waals surface area contributed by atoms with E-state index in [1.807, 2.05) is 13.0 Å². The van der Waals surface area contributed by atoms with E-state index in [-0.39, 0.29) is 12.1 Å². The molecule has 0 aromatic rings. The summed E-state index contributed by atoms with van der Waals surface area (Å²) < 4.78 is 10.8. The smallest absolute Gasteiger partial charge is 0.330 e. The minimum atomic E-state index is -0.265. The molecule has 3 heteroatoms. The van der Waals surface area contributed by atoms with Gasteiger partial charge in [-0.1, -0.05) is 19.3 Å². The Kier molecular flexibility index (Phi) is 4.81. The first kappa shape index (κ1) is 13.6. The fourth-order valence-corrected chi connectivity index (χ4v) is 3.11. The highest BCUT2D eigenvalue weighted by Crippen LogP contribution is 2.43. The second-order valence-electron chi connectivity index (χ2n) is 5.56. The van der Waals surface area contributed by atoms with Gasteiger partial charge in [-0.3, -0.25) is 0 Å². The van der Waals surface area contributed by atoms with Crippen molar-refractivity contribution in [2.45, 2.75) is 58.0 Å². The van der Waals surface area contributed by atoms with Crippen LogP contribution < -0.4 is 0 Å². The monoisotopic (exact) mass is 252 g/mol. The first-order chi connectivity index (χ1) is 8.74. The first-order valence-electron chi connectivity index (χ1n) is 7.21. The lowest BCUT2D eigenvalue weighted by Crippen LogP contribution is -2.37. The Bertz CT molecular complexity index is 293. The van der Waals surface area contributed by atoms with Gasteiger partial charge in [-0.15, -0.1) is 0 Å². The summed E-state index contributed by atoms with van der Waals surface area (Å²) in [7, 11) is 0. The van der Waals surface area contributed by atoms with E-state index in [0.29, 0.717) is 12.0 Å². The fourth-order valence-electron chi connectivity index (χ4n) is 3.11. The van der Waals surface area contributed by atoms with E-state index in [0.717, 1.165) is 13.0 Å². The molecular formula is C15H24O3. The summed E-state index contributed by atoms with van der Waals surface area (Å²) in [4.78, 5) is 11.2. The average Bonchev–Trinajstić information content (AvgIpc) is 2.40. The molecule has 0 N–H and O–H groups in total. The topological polar surface area (TPSA) is 35.5 Å². The zero-order chi connectivity index (χ0) is 12.8. The van der Waals surface area contributed by atoms with Crippen molar-refractivity contribution in [3.8, 4) is 0 Å². The molecule has 1 spiro atoms. The number of carbonyl (C=O) groups is 1. The van der Waals surface area contributed by atoms with Crippen molar-refractivity contribution in [3.05, 3.63) is 12.2 Å². The summed E-state index contributed by atoms with van der Waals surface area (Å²) in [6.45, 7) is 3.11. The van der Waals surface area contributed by atoms with Gasteiger partial charge in [0.25, 0.3) is 0 Å². The highest BCUT2D eigenvalue weighted by Gasteiger charge is 2.36. The SMILES string of the molecule is CCOC(=O)/C=C/C1CCC2(CCCCC2)CO1. The molecule has 1 aliphatic heterocycles. The number of hydrogen-bond acceptors (Lipinski definition) is 3. The number of rotatable bonds is 3. The van der Waals surface area contributed by atoms with Crippen molar-refractivity contribution >= 4 is 5.97 Å². The Balaban J connectivity index is 1.77. The van der Waals surface area contributed by atoms with E-state index in [2.05, 4.69) is 0 Å². The highest BCUT2D eigenvalue weighted by atomic mass is 16.5. The molecule has 0 amide bonds. The third kappa shape index (κ3) is 3.58. The van der Waals surface area contributed by atoms with Gasteiger partial charge in [0, 0.05) is 6.08 Å². The van der Waals surface area contributed by atoms with Crippen LogP contribution in [0.2, 0.25) is 0 Å². The van der Waals surface area contributed by atoms with Crippen molar-refractivity contribution in [1.82, 2.24) is 0 Å². The third-order valence-electron chi connectivity index (χ3n) is 4.21. The molecule has 1 atom stereocenters. The Morgan fingerprint density at radius 1 is 1.33 bits per heavy atom. The Morgan fingerprint density at radius 2 is 2.11 bits per heavy atom. The molecule has 1 saturated heterocycles.